The number of rotatable bonds is 7. The highest BCUT2D eigenvalue weighted by atomic mass is 35.5. The number of hydrogen-bond acceptors (Lipinski definition) is 6. The molecule has 166 valence electrons. The number of thioether (sulfide) groups is 1. The summed E-state index contributed by atoms with van der Waals surface area (Å²) in [6.45, 7) is 0. The molecule has 0 aliphatic rings. The molecule has 0 aliphatic carbocycles. The highest BCUT2D eigenvalue weighted by Gasteiger charge is 2.13. The minimum Gasteiger partial charge on any atom is -0.325 e. The number of nitrogens with zero attached hydrogens (tertiary/aromatic N) is 4. The number of halogens is 1. The van der Waals surface area contributed by atoms with E-state index in [1.54, 1.807) is 60.9 Å². The first kappa shape index (κ1) is 22.5. The van der Waals surface area contributed by atoms with Crippen LogP contribution >= 0.6 is 23.4 Å². The first-order valence-electron chi connectivity index (χ1n) is 9.89. The maximum absolute atomic E-state index is 12.5. The molecule has 4 aromatic rings. The molecule has 2 aromatic carbocycles. The van der Waals surface area contributed by atoms with E-state index in [4.69, 9.17) is 11.6 Å². The Morgan fingerprint density at radius 1 is 1.00 bits per heavy atom. The molecule has 0 radical (unpaired) electrons. The molecular formula is C23H19ClN6O2S. The van der Waals surface area contributed by atoms with E-state index in [1.165, 1.54) is 11.8 Å². The zero-order valence-electron chi connectivity index (χ0n) is 17.5. The molecule has 8 nitrogen and oxygen atoms in total. The fourth-order valence-electron chi connectivity index (χ4n) is 2.99. The highest BCUT2D eigenvalue weighted by Crippen LogP contribution is 2.22. The fraction of sp³-hybridized carbons (Fsp3) is 0.0870. The molecule has 2 heterocycles. The molecule has 10 heteroatoms. The minimum absolute atomic E-state index is 0.153. The van der Waals surface area contributed by atoms with E-state index in [-0.39, 0.29) is 17.6 Å². The van der Waals surface area contributed by atoms with Gasteiger partial charge >= 0.3 is 0 Å². The van der Waals surface area contributed by atoms with Gasteiger partial charge in [0.25, 0.3) is 5.91 Å². The molecule has 2 N–H and O–H groups in total. The van der Waals surface area contributed by atoms with Crippen molar-refractivity contribution in [2.24, 2.45) is 7.05 Å². The lowest BCUT2D eigenvalue weighted by molar-refractivity contribution is -0.113. The monoisotopic (exact) mass is 478 g/mol. The fourth-order valence-corrected chi connectivity index (χ4v) is 3.83. The third kappa shape index (κ3) is 5.76. The van der Waals surface area contributed by atoms with Crippen LogP contribution in [0.2, 0.25) is 5.02 Å². The standard InChI is InChI=1S/C23H19ClN6O2S/c1-30-21(16-4-3-11-25-13-16)28-29-23(30)33-14-20(31)26-18-5-2-6-19(12-18)27-22(32)15-7-9-17(24)10-8-15/h2-13H,14H2,1H3,(H,26,31)(H,27,32). The Bertz CT molecular complexity index is 1280. The van der Waals surface area contributed by atoms with Gasteiger partial charge in [-0.1, -0.05) is 29.4 Å². The number of carbonyl (C=O) groups excluding carboxylic acids is 2. The van der Waals surface area contributed by atoms with Crippen molar-refractivity contribution in [1.82, 2.24) is 19.7 Å². The Labute approximate surface area is 199 Å². The van der Waals surface area contributed by atoms with E-state index < -0.39 is 0 Å². The van der Waals surface area contributed by atoms with Crippen molar-refractivity contribution in [2.75, 3.05) is 16.4 Å². The van der Waals surface area contributed by atoms with E-state index in [0.29, 0.717) is 32.9 Å². The van der Waals surface area contributed by atoms with Crippen molar-refractivity contribution in [3.05, 3.63) is 83.6 Å². The van der Waals surface area contributed by atoms with Crippen LogP contribution in [0.25, 0.3) is 11.4 Å². The predicted octanol–water partition coefficient (Wildman–Crippen LogP) is 4.51. The normalized spacial score (nSPS) is 10.6. The zero-order valence-corrected chi connectivity index (χ0v) is 19.1. The number of aromatic nitrogens is 4. The molecule has 0 unspecified atom stereocenters. The molecule has 0 saturated carbocycles. The van der Waals surface area contributed by atoms with Crippen LogP contribution in [0.1, 0.15) is 10.4 Å². The summed E-state index contributed by atoms with van der Waals surface area (Å²) in [4.78, 5) is 28.9. The SMILES string of the molecule is Cn1c(SCC(=O)Nc2cccc(NC(=O)c3ccc(Cl)cc3)c2)nnc1-c1cccnc1. The van der Waals surface area contributed by atoms with Gasteiger partial charge in [0.2, 0.25) is 5.91 Å². The molecular weight excluding hydrogens is 460 g/mol. The van der Waals surface area contributed by atoms with E-state index >= 15 is 0 Å². The van der Waals surface area contributed by atoms with Crippen LogP contribution in [0, 0.1) is 0 Å². The Kier molecular flexibility index (Phi) is 7.01. The predicted molar refractivity (Wildman–Crippen MR) is 129 cm³/mol. The van der Waals surface area contributed by atoms with Gasteiger partial charge < -0.3 is 15.2 Å². The van der Waals surface area contributed by atoms with Gasteiger partial charge in [0.1, 0.15) is 0 Å². The molecule has 0 aliphatic heterocycles. The van der Waals surface area contributed by atoms with Gasteiger partial charge in [0.05, 0.1) is 5.75 Å². The van der Waals surface area contributed by atoms with Crippen molar-refractivity contribution in [3.63, 3.8) is 0 Å². The molecule has 2 amide bonds. The third-order valence-corrected chi connectivity index (χ3v) is 5.87. The number of nitrogens with one attached hydrogen (secondary N) is 2. The lowest BCUT2D eigenvalue weighted by Gasteiger charge is -2.09. The smallest absolute Gasteiger partial charge is 0.255 e. The average Bonchev–Trinajstić information content (AvgIpc) is 3.19. The van der Waals surface area contributed by atoms with Crippen molar-refractivity contribution < 1.29 is 9.59 Å². The molecule has 0 spiro atoms. The van der Waals surface area contributed by atoms with Crippen LogP contribution < -0.4 is 10.6 Å². The average molecular weight is 479 g/mol. The van der Waals surface area contributed by atoms with Gasteiger partial charge in [-0.05, 0) is 54.6 Å². The topological polar surface area (TPSA) is 102 Å². The van der Waals surface area contributed by atoms with Gasteiger partial charge in [0.15, 0.2) is 11.0 Å². The summed E-state index contributed by atoms with van der Waals surface area (Å²) in [5.74, 6) is 0.361. The van der Waals surface area contributed by atoms with Crippen LogP contribution in [0.15, 0.2) is 78.2 Å². The van der Waals surface area contributed by atoms with Gasteiger partial charge in [-0.15, -0.1) is 10.2 Å². The van der Waals surface area contributed by atoms with E-state index in [2.05, 4.69) is 25.8 Å². The lowest BCUT2D eigenvalue weighted by atomic mass is 10.2. The lowest BCUT2D eigenvalue weighted by Crippen LogP contribution is -2.15. The summed E-state index contributed by atoms with van der Waals surface area (Å²) in [6, 6.07) is 17.3. The third-order valence-electron chi connectivity index (χ3n) is 4.60. The first-order valence-corrected chi connectivity index (χ1v) is 11.3. The molecule has 4 rings (SSSR count). The molecule has 33 heavy (non-hydrogen) atoms. The van der Waals surface area contributed by atoms with Crippen molar-refractivity contribution in [3.8, 4) is 11.4 Å². The number of pyridine rings is 1. The quantitative estimate of drug-likeness (QED) is 0.379. The van der Waals surface area contributed by atoms with Crippen molar-refractivity contribution in [1.29, 1.82) is 0 Å². The summed E-state index contributed by atoms with van der Waals surface area (Å²) >= 11 is 7.14. The summed E-state index contributed by atoms with van der Waals surface area (Å²) in [5.41, 5.74) is 2.47. The van der Waals surface area contributed by atoms with Gasteiger partial charge in [0, 0.05) is 47.0 Å². The summed E-state index contributed by atoms with van der Waals surface area (Å²) < 4.78 is 1.82. The van der Waals surface area contributed by atoms with Crippen LogP contribution in [-0.2, 0) is 11.8 Å². The van der Waals surface area contributed by atoms with Gasteiger partial charge in [-0.2, -0.15) is 0 Å². The van der Waals surface area contributed by atoms with E-state index in [0.717, 1.165) is 5.56 Å². The zero-order chi connectivity index (χ0) is 23.2. The maximum Gasteiger partial charge on any atom is 0.255 e. The maximum atomic E-state index is 12.5. The minimum atomic E-state index is -0.266. The van der Waals surface area contributed by atoms with Crippen molar-refractivity contribution in [2.45, 2.75) is 5.16 Å². The van der Waals surface area contributed by atoms with Crippen molar-refractivity contribution >= 4 is 46.6 Å². The first-order chi connectivity index (χ1) is 16.0. The second-order valence-electron chi connectivity index (χ2n) is 6.99. The number of hydrogen-bond donors (Lipinski definition) is 2. The van der Waals surface area contributed by atoms with Gasteiger partial charge in [-0.25, -0.2) is 0 Å². The number of benzene rings is 2. The van der Waals surface area contributed by atoms with Crippen LogP contribution in [0.5, 0.6) is 0 Å². The Balaban J connectivity index is 1.34. The van der Waals surface area contributed by atoms with Gasteiger partial charge in [-0.3, -0.25) is 14.6 Å². The van der Waals surface area contributed by atoms with Crippen LogP contribution in [0.3, 0.4) is 0 Å². The second kappa shape index (κ2) is 10.3. The number of carbonyl (C=O) groups is 2. The van der Waals surface area contributed by atoms with Crippen LogP contribution in [-0.4, -0.2) is 37.3 Å². The summed E-state index contributed by atoms with van der Waals surface area (Å²) in [6.07, 6.45) is 3.40. The number of anilines is 2. The molecule has 0 saturated heterocycles. The molecule has 0 bridgehead atoms. The molecule has 0 fully saturated rings. The Hall–Kier alpha value is -3.69. The largest absolute Gasteiger partial charge is 0.325 e. The van der Waals surface area contributed by atoms with Crippen LogP contribution in [0.4, 0.5) is 11.4 Å². The summed E-state index contributed by atoms with van der Waals surface area (Å²) in [5, 5.41) is 15.2. The second-order valence-corrected chi connectivity index (χ2v) is 8.36. The van der Waals surface area contributed by atoms with E-state index in [9.17, 15) is 9.59 Å². The summed E-state index contributed by atoms with van der Waals surface area (Å²) in [7, 11) is 1.84. The molecule has 2 aromatic heterocycles. The number of amides is 2. The van der Waals surface area contributed by atoms with E-state index in [1.807, 2.05) is 23.7 Å². The highest BCUT2D eigenvalue weighted by molar-refractivity contribution is 7.99. The molecule has 0 atom stereocenters. The Morgan fingerprint density at radius 2 is 1.76 bits per heavy atom. The Morgan fingerprint density at radius 3 is 2.48 bits per heavy atom.